The van der Waals surface area contributed by atoms with Gasteiger partial charge in [0.2, 0.25) is 0 Å². The van der Waals surface area contributed by atoms with Gasteiger partial charge in [-0.15, -0.1) is 11.3 Å². The summed E-state index contributed by atoms with van der Waals surface area (Å²) in [4.78, 5) is 20.2. The van der Waals surface area contributed by atoms with Gasteiger partial charge in [0.25, 0.3) is 5.91 Å². The first kappa shape index (κ1) is 15.9. The summed E-state index contributed by atoms with van der Waals surface area (Å²) < 4.78 is 1.07. The van der Waals surface area contributed by atoms with Gasteiger partial charge in [-0.05, 0) is 43.4 Å². The molecule has 4 rings (SSSR count). The molecule has 1 aromatic heterocycles. The summed E-state index contributed by atoms with van der Waals surface area (Å²) >= 11 is 8.01. The molecule has 0 N–H and O–H groups in total. The first-order valence-electron chi connectivity index (χ1n) is 8.37. The molecule has 0 fully saturated rings. The van der Waals surface area contributed by atoms with Gasteiger partial charge in [0.05, 0.1) is 11.6 Å². The number of carbonyl (C=O) groups excluding carboxylic acids is 1. The van der Waals surface area contributed by atoms with Crippen molar-refractivity contribution in [1.29, 1.82) is 0 Å². The predicted octanol–water partition coefficient (Wildman–Crippen LogP) is 4.95. The van der Waals surface area contributed by atoms with Crippen molar-refractivity contribution in [3.63, 3.8) is 0 Å². The summed E-state index contributed by atoms with van der Waals surface area (Å²) in [7, 11) is 0. The van der Waals surface area contributed by atoms with Crippen LogP contribution in [0.2, 0.25) is 5.02 Å². The lowest BCUT2D eigenvalue weighted by Crippen LogP contribution is -2.41. The van der Waals surface area contributed by atoms with Crippen molar-refractivity contribution >= 4 is 45.1 Å². The number of carbonyl (C=O) groups is 1. The molecule has 0 saturated heterocycles. The molecule has 0 spiro atoms. The normalized spacial score (nSPS) is 19.8. The van der Waals surface area contributed by atoms with Crippen LogP contribution in [0.15, 0.2) is 40.4 Å². The topological polar surface area (TPSA) is 32.7 Å². The molecule has 2 aromatic rings. The molecule has 1 aliphatic heterocycles. The van der Waals surface area contributed by atoms with E-state index < -0.39 is 0 Å². The fourth-order valence-electron chi connectivity index (χ4n) is 3.71. The Labute approximate surface area is 150 Å². The van der Waals surface area contributed by atoms with Crippen molar-refractivity contribution in [2.45, 2.75) is 32.2 Å². The second-order valence-electron chi connectivity index (χ2n) is 6.33. The van der Waals surface area contributed by atoms with Crippen LogP contribution in [0, 0.1) is 0 Å². The van der Waals surface area contributed by atoms with Crippen LogP contribution in [0.5, 0.6) is 0 Å². The highest BCUT2D eigenvalue weighted by molar-refractivity contribution is 7.21. The van der Waals surface area contributed by atoms with Crippen molar-refractivity contribution < 1.29 is 4.79 Å². The Kier molecular flexibility index (Phi) is 4.19. The third kappa shape index (κ3) is 2.58. The molecule has 1 aromatic carbocycles. The quantitative estimate of drug-likeness (QED) is 0.764. The Morgan fingerprint density at radius 3 is 3.04 bits per heavy atom. The summed E-state index contributed by atoms with van der Waals surface area (Å²) in [5.41, 5.74) is 2.79. The molecule has 2 aliphatic rings. The SMILES string of the molecule is CCN(C(=O)c1sc2ccccc2c1Cl)C1CCC2=C(C=NC2)C1. The van der Waals surface area contributed by atoms with E-state index in [1.165, 1.54) is 22.5 Å². The number of rotatable bonds is 3. The molecule has 0 bridgehead atoms. The van der Waals surface area contributed by atoms with Crippen molar-refractivity contribution in [2.75, 3.05) is 13.1 Å². The largest absolute Gasteiger partial charge is 0.335 e. The van der Waals surface area contributed by atoms with Crippen LogP contribution in [0.3, 0.4) is 0 Å². The van der Waals surface area contributed by atoms with Crippen molar-refractivity contribution in [2.24, 2.45) is 4.99 Å². The highest BCUT2D eigenvalue weighted by Gasteiger charge is 2.31. The molecular weight excluding hydrogens is 340 g/mol. The number of amides is 1. The third-order valence-electron chi connectivity index (χ3n) is 4.99. The van der Waals surface area contributed by atoms with E-state index in [4.69, 9.17) is 11.6 Å². The van der Waals surface area contributed by atoms with Gasteiger partial charge in [-0.3, -0.25) is 9.79 Å². The van der Waals surface area contributed by atoms with Crippen LogP contribution in [0.1, 0.15) is 35.9 Å². The van der Waals surface area contributed by atoms with E-state index in [0.29, 0.717) is 16.4 Å². The van der Waals surface area contributed by atoms with Gasteiger partial charge >= 0.3 is 0 Å². The van der Waals surface area contributed by atoms with Gasteiger partial charge in [0.15, 0.2) is 0 Å². The van der Waals surface area contributed by atoms with E-state index in [9.17, 15) is 4.79 Å². The number of nitrogens with zero attached hydrogens (tertiary/aromatic N) is 2. The Bertz CT molecular complexity index is 867. The van der Waals surface area contributed by atoms with E-state index >= 15 is 0 Å². The summed E-state index contributed by atoms with van der Waals surface area (Å²) in [5, 5.41) is 1.57. The molecule has 124 valence electrons. The standard InChI is InChI=1S/C19H19ClN2OS/c1-2-22(14-8-7-12-10-21-11-13(12)9-14)19(23)18-17(20)15-5-3-4-6-16(15)24-18/h3-6,11,14H,2,7-10H2,1H3. The average Bonchev–Trinajstić information content (AvgIpc) is 3.20. The number of hydrogen-bond donors (Lipinski definition) is 0. The Morgan fingerprint density at radius 2 is 2.25 bits per heavy atom. The fourth-order valence-corrected chi connectivity index (χ4v) is 5.18. The molecule has 1 atom stereocenters. The Hall–Kier alpha value is -1.65. The number of aliphatic imine (C=N–C) groups is 1. The minimum absolute atomic E-state index is 0.0627. The molecule has 1 aliphatic carbocycles. The van der Waals surface area contributed by atoms with E-state index in [1.807, 2.05) is 42.3 Å². The lowest BCUT2D eigenvalue weighted by molar-refractivity contribution is 0.0681. The number of halogens is 1. The van der Waals surface area contributed by atoms with Crippen LogP contribution in [-0.2, 0) is 0 Å². The molecular formula is C19H19ClN2OS. The minimum atomic E-state index is 0.0627. The predicted molar refractivity (Wildman–Crippen MR) is 102 cm³/mol. The molecule has 24 heavy (non-hydrogen) atoms. The fraction of sp³-hybridized carbons (Fsp3) is 0.368. The minimum Gasteiger partial charge on any atom is -0.335 e. The molecule has 1 amide bonds. The molecule has 3 nitrogen and oxygen atoms in total. The van der Waals surface area contributed by atoms with Gasteiger partial charge in [-0.1, -0.05) is 29.8 Å². The highest BCUT2D eigenvalue weighted by atomic mass is 35.5. The lowest BCUT2D eigenvalue weighted by Gasteiger charge is -2.33. The van der Waals surface area contributed by atoms with E-state index in [0.717, 1.165) is 35.9 Å². The molecule has 0 saturated carbocycles. The molecule has 5 heteroatoms. The zero-order valence-electron chi connectivity index (χ0n) is 13.6. The van der Waals surface area contributed by atoms with Crippen molar-refractivity contribution in [3.8, 4) is 0 Å². The van der Waals surface area contributed by atoms with Crippen LogP contribution < -0.4 is 0 Å². The van der Waals surface area contributed by atoms with Crippen LogP contribution in [0.4, 0.5) is 0 Å². The summed E-state index contributed by atoms with van der Waals surface area (Å²) in [5.74, 6) is 0.0627. The Morgan fingerprint density at radius 1 is 1.42 bits per heavy atom. The number of benzene rings is 1. The van der Waals surface area contributed by atoms with E-state index in [1.54, 1.807) is 0 Å². The van der Waals surface area contributed by atoms with E-state index in [2.05, 4.69) is 4.99 Å². The zero-order valence-corrected chi connectivity index (χ0v) is 15.2. The first-order valence-corrected chi connectivity index (χ1v) is 9.57. The van der Waals surface area contributed by atoms with Crippen LogP contribution >= 0.6 is 22.9 Å². The van der Waals surface area contributed by atoms with Crippen LogP contribution in [0.25, 0.3) is 10.1 Å². The zero-order chi connectivity index (χ0) is 16.7. The third-order valence-corrected chi connectivity index (χ3v) is 6.65. The lowest BCUT2D eigenvalue weighted by atomic mass is 9.89. The maximum Gasteiger partial charge on any atom is 0.265 e. The average molecular weight is 359 g/mol. The van der Waals surface area contributed by atoms with Crippen LogP contribution in [-0.4, -0.2) is 36.2 Å². The van der Waals surface area contributed by atoms with Crippen molar-refractivity contribution in [3.05, 3.63) is 45.3 Å². The first-order chi connectivity index (χ1) is 11.7. The summed E-state index contributed by atoms with van der Waals surface area (Å²) in [6.45, 7) is 3.60. The number of fused-ring (bicyclic) bond motifs is 1. The van der Waals surface area contributed by atoms with Gasteiger partial charge in [0, 0.05) is 28.9 Å². The highest BCUT2D eigenvalue weighted by Crippen LogP contribution is 2.37. The number of thiophene rings is 1. The molecule has 2 heterocycles. The molecule has 0 radical (unpaired) electrons. The van der Waals surface area contributed by atoms with Gasteiger partial charge in [0.1, 0.15) is 4.88 Å². The van der Waals surface area contributed by atoms with Gasteiger partial charge in [-0.2, -0.15) is 0 Å². The van der Waals surface area contributed by atoms with E-state index in [-0.39, 0.29) is 11.9 Å². The maximum absolute atomic E-state index is 13.2. The van der Waals surface area contributed by atoms with Gasteiger partial charge in [-0.25, -0.2) is 0 Å². The second-order valence-corrected chi connectivity index (χ2v) is 7.76. The van der Waals surface area contributed by atoms with Crippen molar-refractivity contribution in [1.82, 2.24) is 4.90 Å². The summed E-state index contributed by atoms with van der Waals surface area (Å²) in [6, 6.07) is 8.18. The molecule has 1 unspecified atom stereocenters. The smallest absolute Gasteiger partial charge is 0.265 e. The number of hydrogen-bond acceptors (Lipinski definition) is 3. The maximum atomic E-state index is 13.2. The summed E-state index contributed by atoms with van der Waals surface area (Å²) in [6.07, 6.45) is 4.97. The second kappa shape index (κ2) is 6.34. The Balaban J connectivity index is 1.64. The van der Waals surface area contributed by atoms with Gasteiger partial charge < -0.3 is 4.90 Å². The monoisotopic (exact) mass is 358 g/mol.